The van der Waals surface area contributed by atoms with Crippen LogP contribution in [-0.2, 0) is 32.6 Å². The van der Waals surface area contributed by atoms with E-state index in [9.17, 15) is 18.0 Å². The minimum atomic E-state index is -4.00. The van der Waals surface area contributed by atoms with Crippen molar-refractivity contribution in [2.24, 2.45) is 0 Å². The zero-order valence-corrected chi connectivity index (χ0v) is 27.0. The topological polar surface area (TPSA) is 96.0 Å². The fourth-order valence-corrected chi connectivity index (χ4v) is 6.69. The molecule has 0 heterocycles. The van der Waals surface area contributed by atoms with Crippen LogP contribution in [0.1, 0.15) is 36.8 Å². The van der Waals surface area contributed by atoms with Crippen molar-refractivity contribution < 1.29 is 22.7 Å². The first kappa shape index (κ1) is 32.9. The average molecular weight is 667 g/mol. The number of carbonyl (C=O) groups excluding carboxylic acids is 2. The molecule has 1 saturated carbocycles. The van der Waals surface area contributed by atoms with Gasteiger partial charge in [-0.2, -0.15) is 0 Å². The first-order valence-electron chi connectivity index (χ1n) is 13.8. The molecule has 2 amide bonds. The Hall–Kier alpha value is -2.98. The number of methoxy groups -OCH3 is 1. The second-order valence-corrected chi connectivity index (χ2v) is 13.7. The maximum Gasteiger partial charge on any atom is 0.244 e. The molecule has 43 heavy (non-hydrogen) atoms. The summed E-state index contributed by atoms with van der Waals surface area (Å²) in [5, 5.41) is 4.13. The Balaban J connectivity index is 1.78. The van der Waals surface area contributed by atoms with Crippen LogP contribution < -0.4 is 14.4 Å². The molecule has 4 rings (SSSR count). The van der Waals surface area contributed by atoms with E-state index < -0.39 is 28.5 Å². The Morgan fingerprint density at radius 1 is 0.977 bits per heavy atom. The van der Waals surface area contributed by atoms with Crippen molar-refractivity contribution in [2.75, 3.05) is 24.2 Å². The van der Waals surface area contributed by atoms with Crippen molar-refractivity contribution in [3.8, 4) is 5.75 Å². The largest absolute Gasteiger partial charge is 0.495 e. The van der Waals surface area contributed by atoms with Gasteiger partial charge in [0.15, 0.2) is 0 Å². The van der Waals surface area contributed by atoms with Gasteiger partial charge in [0, 0.05) is 34.1 Å². The molecular weight excluding hydrogens is 633 g/mol. The smallest absolute Gasteiger partial charge is 0.244 e. The average Bonchev–Trinajstić information content (AvgIpc) is 3.47. The van der Waals surface area contributed by atoms with E-state index in [1.54, 1.807) is 24.3 Å². The standard InChI is InChI=1S/C31H34Cl3N3O5S/c1-42-29-15-14-24(33)18-27(29)37(43(2,40)41)20-30(38)36(19-22-12-13-23(32)17-26(22)34)28(16-21-8-4-3-5-9-21)31(39)35-25-10-6-7-11-25/h3-5,8-9,12-15,17-18,25,28H,6-7,10-11,16,19-20H2,1-2H3,(H,35,39)/t28-/m1/s1. The van der Waals surface area contributed by atoms with Gasteiger partial charge in [0.2, 0.25) is 21.8 Å². The summed E-state index contributed by atoms with van der Waals surface area (Å²) in [5.74, 6) is -0.712. The molecule has 0 saturated heterocycles. The number of nitrogens with zero attached hydrogens (tertiary/aromatic N) is 2. The number of sulfonamides is 1. The van der Waals surface area contributed by atoms with E-state index in [1.165, 1.54) is 24.1 Å². The third-order valence-corrected chi connectivity index (χ3v) is 9.37. The van der Waals surface area contributed by atoms with Gasteiger partial charge in [0.05, 0.1) is 19.1 Å². The lowest BCUT2D eigenvalue weighted by molar-refractivity contribution is -0.140. The Bertz CT molecular complexity index is 1550. The van der Waals surface area contributed by atoms with E-state index in [2.05, 4.69) is 5.32 Å². The van der Waals surface area contributed by atoms with Gasteiger partial charge in [-0.25, -0.2) is 8.42 Å². The molecule has 230 valence electrons. The van der Waals surface area contributed by atoms with Crippen LogP contribution in [0.15, 0.2) is 66.7 Å². The molecule has 0 aliphatic heterocycles. The monoisotopic (exact) mass is 665 g/mol. The molecule has 8 nitrogen and oxygen atoms in total. The molecule has 0 unspecified atom stereocenters. The number of hydrogen-bond acceptors (Lipinski definition) is 5. The minimum Gasteiger partial charge on any atom is -0.495 e. The highest BCUT2D eigenvalue weighted by molar-refractivity contribution is 7.92. The second-order valence-electron chi connectivity index (χ2n) is 10.5. The number of benzene rings is 3. The summed E-state index contributed by atoms with van der Waals surface area (Å²) in [6.45, 7) is -0.669. The van der Waals surface area contributed by atoms with Gasteiger partial charge in [-0.15, -0.1) is 0 Å². The molecule has 1 fully saturated rings. The van der Waals surface area contributed by atoms with Crippen molar-refractivity contribution in [3.05, 3.63) is 92.9 Å². The maximum absolute atomic E-state index is 14.3. The first-order valence-corrected chi connectivity index (χ1v) is 16.8. The molecule has 1 aliphatic rings. The number of hydrogen-bond donors (Lipinski definition) is 1. The fourth-order valence-electron chi connectivity index (χ4n) is 5.21. The summed E-state index contributed by atoms with van der Waals surface area (Å²) in [6.07, 6.45) is 4.95. The summed E-state index contributed by atoms with van der Waals surface area (Å²) in [4.78, 5) is 29.6. The summed E-state index contributed by atoms with van der Waals surface area (Å²) in [5.41, 5.74) is 1.49. The van der Waals surface area contributed by atoms with Crippen molar-refractivity contribution in [1.29, 1.82) is 0 Å². The maximum atomic E-state index is 14.3. The first-order chi connectivity index (χ1) is 20.5. The van der Waals surface area contributed by atoms with E-state index in [0.717, 1.165) is 41.8 Å². The highest BCUT2D eigenvalue weighted by Crippen LogP contribution is 2.33. The summed E-state index contributed by atoms with van der Waals surface area (Å²) in [6, 6.07) is 17.8. The lowest BCUT2D eigenvalue weighted by atomic mass is 10.0. The number of rotatable bonds is 12. The predicted octanol–water partition coefficient (Wildman–Crippen LogP) is 6.12. The van der Waals surface area contributed by atoms with Crippen LogP contribution >= 0.6 is 34.8 Å². The van der Waals surface area contributed by atoms with Crippen LogP contribution in [0.4, 0.5) is 5.69 Å². The lowest BCUT2D eigenvalue weighted by Crippen LogP contribution is -2.54. The summed E-state index contributed by atoms with van der Waals surface area (Å²) < 4.78 is 32.5. The van der Waals surface area contributed by atoms with Crippen molar-refractivity contribution >= 4 is 62.3 Å². The molecular formula is C31H34Cl3N3O5S. The Kier molecular flexibility index (Phi) is 11.2. The normalized spacial score (nSPS) is 14.3. The zero-order valence-electron chi connectivity index (χ0n) is 23.9. The number of anilines is 1. The third-order valence-electron chi connectivity index (χ3n) is 7.42. The van der Waals surface area contributed by atoms with Crippen LogP contribution in [0.2, 0.25) is 15.1 Å². The van der Waals surface area contributed by atoms with E-state index in [0.29, 0.717) is 15.6 Å². The summed E-state index contributed by atoms with van der Waals surface area (Å²) >= 11 is 18.9. The van der Waals surface area contributed by atoms with Gasteiger partial charge >= 0.3 is 0 Å². The Morgan fingerprint density at radius 3 is 2.26 bits per heavy atom. The molecule has 0 bridgehead atoms. The van der Waals surface area contributed by atoms with Crippen molar-refractivity contribution in [1.82, 2.24) is 10.2 Å². The molecule has 0 radical (unpaired) electrons. The third kappa shape index (κ3) is 8.79. The minimum absolute atomic E-state index is 0.00471. The van der Waals surface area contributed by atoms with E-state index in [1.807, 2.05) is 30.3 Å². The lowest BCUT2D eigenvalue weighted by Gasteiger charge is -2.34. The number of nitrogens with one attached hydrogen (secondary N) is 1. The van der Waals surface area contributed by atoms with Gasteiger partial charge in [0.25, 0.3) is 0 Å². The molecule has 12 heteroatoms. The molecule has 1 aliphatic carbocycles. The summed E-state index contributed by atoms with van der Waals surface area (Å²) in [7, 11) is -2.61. The fraction of sp³-hybridized carbons (Fsp3) is 0.355. The molecule has 3 aromatic rings. The van der Waals surface area contributed by atoms with Crippen LogP contribution in [-0.4, -0.2) is 57.1 Å². The molecule has 0 spiro atoms. The molecule has 0 aromatic heterocycles. The van der Waals surface area contributed by atoms with Gasteiger partial charge in [0.1, 0.15) is 18.3 Å². The highest BCUT2D eigenvalue weighted by atomic mass is 35.5. The van der Waals surface area contributed by atoms with Crippen molar-refractivity contribution in [2.45, 2.75) is 50.7 Å². The van der Waals surface area contributed by atoms with Gasteiger partial charge in [-0.05, 0) is 54.3 Å². The SMILES string of the molecule is COc1ccc(Cl)cc1N(CC(=O)N(Cc1ccc(Cl)cc1Cl)[C@H](Cc1ccccc1)C(=O)NC1CCCC1)S(C)(=O)=O. The quantitative estimate of drug-likeness (QED) is 0.251. The number of halogens is 3. The van der Waals surface area contributed by atoms with Crippen molar-refractivity contribution in [3.63, 3.8) is 0 Å². The Morgan fingerprint density at radius 2 is 1.63 bits per heavy atom. The Labute approximate surface area is 267 Å². The number of carbonyl (C=O) groups is 2. The second kappa shape index (κ2) is 14.7. The molecule has 3 aromatic carbocycles. The van der Waals surface area contributed by atoms with Crippen LogP contribution in [0, 0.1) is 0 Å². The van der Waals surface area contributed by atoms with Gasteiger partial charge in [-0.1, -0.05) is 84.0 Å². The highest BCUT2D eigenvalue weighted by Gasteiger charge is 2.35. The predicted molar refractivity (Wildman–Crippen MR) is 172 cm³/mol. The zero-order chi connectivity index (χ0) is 31.1. The van der Waals surface area contributed by atoms with E-state index in [-0.39, 0.29) is 41.4 Å². The van der Waals surface area contributed by atoms with E-state index in [4.69, 9.17) is 39.5 Å². The number of amides is 2. The van der Waals surface area contributed by atoms with Crippen LogP contribution in [0.25, 0.3) is 0 Å². The van der Waals surface area contributed by atoms with Gasteiger partial charge in [-0.3, -0.25) is 13.9 Å². The molecule has 1 atom stereocenters. The van der Waals surface area contributed by atoms with Gasteiger partial charge < -0.3 is 15.0 Å². The van der Waals surface area contributed by atoms with Crippen LogP contribution in [0.5, 0.6) is 5.75 Å². The number of ether oxygens (including phenoxy) is 1. The molecule has 1 N–H and O–H groups in total. The van der Waals surface area contributed by atoms with E-state index >= 15 is 0 Å². The van der Waals surface area contributed by atoms with Crippen LogP contribution in [0.3, 0.4) is 0 Å².